The lowest BCUT2D eigenvalue weighted by Crippen LogP contribution is -2.28. The van der Waals surface area contributed by atoms with Crippen LogP contribution in [0.2, 0.25) is 0 Å². The van der Waals surface area contributed by atoms with Gasteiger partial charge in [0.05, 0.1) is 18.3 Å². The summed E-state index contributed by atoms with van der Waals surface area (Å²) in [5.41, 5.74) is 4.70. The van der Waals surface area contributed by atoms with E-state index in [1.165, 1.54) is 13.0 Å². The molecule has 7 heteroatoms. The minimum absolute atomic E-state index is 0.0478. The Morgan fingerprint density at radius 2 is 1.89 bits per heavy atom. The van der Waals surface area contributed by atoms with Crippen LogP contribution in [0, 0.1) is 31.0 Å². The normalized spacial score (nSPS) is 15.0. The highest BCUT2D eigenvalue weighted by Gasteiger charge is 2.28. The van der Waals surface area contributed by atoms with Gasteiger partial charge in [-0.15, -0.1) is 0 Å². The fourth-order valence-electron chi connectivity index (χ4n) is 4.25. The van der Waals surface area contributed by atoms with Crippen LogP contribution in [0.25, 0.3) is 11.1 Å². The van der Waals surface area contributed by atoms with Gasteiger partial charge in [0.1, 0.15) is 34.9 Å². The van der Waals surface area contributed by atoms with Crippen molar-refractivity contribution in [3.63, 3.8) is 0 Å². The summed E-state index contributed by atoms with van der Waals surface area (Å²) in [6.07, 6.45) is 0.764. The molecule has 3 aromatic carbocycles. The van der Waals surface area contributed by atoms with Crippen LogP contribution in [0.1, 0.15) is 36.5 Å². The van der Waals surface area contributed by atoms with Crippen LogP contribution >= 0.6 is 0 Å². The van der Waals surface area contributed by atoms with Gasteiger partial charge in [0.25, 0.3) is 0 Å². The molecule has 1 heterocycles. The van der Waals surface area contributed by atoms with Gasteiger partial charge in [-0.1, -0.05) is 6.07 Å². The summed E-state index contributed by atoms with van der Waals surface area (Å²) in [5.74, 6) is 0.968. The maximum Gasteiger partial charge on any atom is 0.140 e. The molecule has 0 saturated carbocycles. The second kappa shape index (κ2) is 10.1. The van der Waals surface area contributed by atoms with E-state index < -0.39 is 0 Å². The molecule has 1 aliphatic rings. The molecule has 0 aromatic heterocycles. The van der Waals surface area contributed by atoms with Gasteiger partial charge in [-0.3, -0.25) is 9.80 Å². The van der Waals surface area contributed by atoms with Crippen LogP contribution in [0.3, 0.4) is 0 Å². The number of aliphatic hydroxyl groups is 1. The molecule has 0 radical (unpaired) electrons. The molecule has 0 saturated heterocycles. The standard InChI is InChI=1S/C28H26FN3O3/c1-17-11-28(18(2)10-25(17)26-13-20(16-33)4-9-27(26)29)35-24-7-5-22(6-8-24)32-23(12-19(3)34)14-21(15-30)31-32/h4-11,13,23,33H,12,14,16H2,1-3H3. The second-order valence-electron chi connectivity index (χ2n) is 8.77. The molecular formula is C28H26FN3O3. The van der Waals surface area contributed by atoms with Crippen molar-refractivity contribution in [2.24, 2.45) is 5.10 Å². The lowest BCUT2D eigenvalue weighted by atomic mass is 9.96. The summed E-state index contributed by atoms with van der Waals surface area (Å²) in [6, 6.07) is 17.6. The topological polar surface area (TPSA) is 85.9 Å². The van der Waals surface area contributed by atoms with Gasteiger partial charge in [-0.05, 0) is 91.6 Å². The van der Waals surface area contributed by atoms with Crippen LogP contribution in [-0.4, -0.2) is 22.6 Å². The highest BCUT2D eigenvalue weighted by Crippen LogP contribution is 2.35. The molecule has 3 aromatic rings. The number of halogens is 1. The highest BCUT2D eigenvalue weighted by molar-refractivity contribution is 6.01. The maximum absolute atomic E-state index is 14.5. The van der Waals surface area contributed by atoms with Crippen LogP contribution < -0.4 is 9.75 Å². The Kier molecular flexibility index (Phi) is 6.94. The van der Waals surface area contributed by atoms with E-state index in [1.807, 2.05) is 50.2 Å². The first-order valence-corrected chi connectivity index (χ1v) is 11.3. The Morgan fingerprint density at radius 1 is 1.14 bits per heavy atom. The van der Waals surface area contributed by atoms with Gasteiger partial charge < -0.3 is 9.84 Å². The maximum atomic E-state index is 14.5. The Labute approximate surface area is 203 Å². The number of rotatable bonds is 7. The van der Waals surface area contributed by atoms with E-state index in [0.717, 1.165) is 22.4 Å². The number of carbonyl (C=O) groups is 1. The number of anilines is 1. The SMILES string of the molecule is CC(=O)CC1CC(C#N)=NN1c1ccc(Oc2cc(C)c(-c3cc(CO)ccc3F)cc2C)cc1. The third-order valence-corrected chi connectivity index (χ3v) is 6.01. The molecule has 1 atom stereocenters. The molecule has 4 rings (SSSR count). The number of hydrogen-bond donors (Lipinski definition) is 1. The largest absolute Gasteiger partial charge is 0.457 e. The first-order valence-electron chi connectivity index (χ1n) is 11.3. The Balaban J connectivity index is 1.56. The molecule has 35 heavy (non-hydrogen) atoms. The summed E-state index contributed by atoms with van der Waals surface area (Å²) >= 11 is 0. The fraction of sp³-hybridized carbons (Fsp3) is 0.250. The van der Waals surface area contributed by atoms with Crippen molar-refractivity contribution in [1.29, 1.82) is 5.26 Å². The van der Waals surface area contributed by atoms with Gasteiger partial charge in [0.2, 0.25) is 0 Å². The van der Waals surface area contributed by atoms with E-state index in [1.54, 1.807) is 17.1 Å². The van der Waals surface area contributed by atoms with Crippen LogP contribution in [0.4, 0.5) is 10.1 Å². The zero-order chi connectivity index (χ0) is 25.1. The summed E-state index contributed by atoms with van der Waals surface area (Å²) in [4.78, 5) is 11.6. The number of ether oxygens (including phenoxy) is 1. The molecule has 0 amide bonds. The van der Waals surface area contributed by atoms with E-state index in [2.05, 4.69) is 11.2 Å². The molecular weight excluding hydrogens is 445 g/mol. The zero-order valence-corrected chi connectivity index (χ0v) is 19.9. The molecule has 0 fully saturated rings. The molecule has 1 aliphatic heterocycles. The third-order valence-electron chi connectivity index (χ3n) is 6.01. The Morgan fingerprint density at radius 3 is 2.54 bits per heavy atom. The molecule has 178 valence electrons. The second-order valence-corrected chi connectivity index (χ2v) is 8.77. The number of hydrogen-bond acceptors (Lipinski definition) is 6. The predicted molar refractivity (Wildman–Crippen MR) is 133 cm³/mol. The first-order chi connectivity index (χ1) is 16.8. The summed E-state index contributed by atoms with van der Waals surface area (Å²) < 4.78 is 20.6. The summed E-state index contributed by atoms with van der Waals surface area (Å²) in [7, 11) is 0. The highest BCUT2D eigenvalue weighted by atomic mass is 19.1. The van der Waals surface area contributed by atoms with Crippen molar-refractivity contribution < 1.29 is 19.0 Å². The average Bonchev–Trinajstić information content (AvgIpc) is 3.24. The average molecular weight is 472 g/mol. The Hall–Kier alpha value is -4.02. The number of carbonyl (C=O) groups excluding carboxylic acids is 1. The zero-order valence-electron chi connectivity index (χ0n) is 19.9. The predicted octanol–water partition coefficient (Wildman–Crippen LogP) is 5.83. The smallest absolute Gasteiger partial charge is 0.140 e. The van der Waals surface area contributed by atoms with Gasteiger partial charge >= 0.3 is 0 Å². The van der Waals surface area contributed by atoms with E-state index in [9.17, 15) is 19.6 Å². The van der Waals surface area contributed by atoms with Crippen molar-refractivity contribution in [2.75, 3.05) is 5.01 Å². The van der Waals surface area contributed by atoms with Crippen LogP contribution in [-0.2, 0) is 11.4 Å². The number of aryl methyl sites for hydroxylation is 2. The third kappa shape index (κ3) is 5.23. The minimum atomic E-state index is -0.346. The number of hydrazone groups is 1. The number of ketones is 1. The van der Waals surface area contributed by atoms with Gasteiger partial charge in [0.15, 0.2) is 0 Å². The summed E-state index contributed by atoms with van der Waals surface area (Å²) in [5, 5.41) is 24.7. The van der Waals surface area contributed by atoms with Crippen molar-refractivity contribution in [1.82, 2.24) is 0 Å². The molecule has 6 nitrogen and oxygen atoms in total. The van der Waals surface area contributed by atoms with E-state index >= 15 is 0 Å². The number of benzene rings is 3. The van der Waals surface area contributed by atoms with Crippen molar-refractivity contribution in [3.05, 3.63) is 77.1 Å². The van der Waals surface area contributed by atoms with Crippen molar-refractivity contribution >= 4 is 17.2 Å². The van der Waals surface area contributed by atoms with E-state index in [0.29, 0.717) is 41.2 Å². The quantitative estimate of drug-likeness (QED) is 0.468. The van der Waals surface area contributed by atoms with Crippen LogP contribution in [0.5, 0.6) is 11.5 Å². The number of aliphatic hydroxyl groups excluding tert-OH is 1. The molecule has 1 unspecified atom stereocenters. The molecule has 0 bridgehead atoms. The minimum Gasteiger partial charge on any atom is -0.457 e. The monoisotopic (exact) mass is 471 g/mol. The molecule has 0 aliphatic carbocycles. The first kappa shape index (κ1) is 24.1. The van der Waals surface area contributed by atoms with E-state index in [-0.39, 0.29) is 24.2 Å². The Bertz CT molecular complexity index is 1340. The van der Waals surface area contributed by atoms with Gasteiger partial charge in [-0.2, -0.15) is 10.4 Å². The van der Waals surface area contributed by atoms with Crippen LogP contribution in [0.15, 0.2) is 59.7 Å². The van der Waals surface area contributed by atoms with Gasteiger partial charge in [-0.25, -0.2) is 4.39 Å². The lowest BCUT2D eigenvalue weighted by Gasteiger charge is -2.23. The fourth-order valence-corrected chi connectivity index (χ4v) is 4.25. The number of Topliss-reactive ketones (excluding diaryl/α,β-unsaturated/α-hetero) is 1. The lowest BCUT2D eigenvalue weighted by molar-refractivity contribution is -0.117. The molecule has 1 N–H and O–H groups in total. The number of nitrogens with zero attached hydrogens (tertiary/aromatic N) is 3. The van der Waals surface area contributed by atoms with E-state index in [4.69, 9.17) is 4.74 Å². The van der Waals surface area contributed by atoms with Crippen molar-refractivity contribution in [2.45, 2.75) is 46.3 Å². The summed E-state index contributed by atoms with van der Waals surface area (Å²) in [6.45, 7) is 5.17. The molecule has 0 spiro atoms. The number of nitriles is 1. The van der Waals surface area contributed by atoms with Gasteiger partial charge in [0, 0.05) is 18.4 Å². The van der Waals surface area contributed by atoms with Crippen molar-refractivity contribution in [3.8, 4) is 28.7 Å².